The number of hydrogen-bond acceptors (Lipinski definition) is 5. The van der Waals surface area contributed by atoms with Crippen molar-refractivity contribution in [2.24, 2.45) is 0 Å². The van der Waals surface area contributed by atoms with Crippen LogP contribution in [-0.4, -0.2) is 30.1 Å². The molecule has 0 aliphatic heterocycles. The van der Waals surface area contributed by atoms with E-state index >= 15 is 0 Å². The van der Waals surface area contributed by atoms with Crippen LogP contribution in [-0.2, 0) is 4.79 Å². The van der Waals surface area contributed by atoms with Gasteiger partial charge in [-0.1, -0.05) is 30.3 Å². The fourth-order valence-electron chi connectivity index (χ4n) is 2.78. The van der Waals surface area contributed by atoms with Crippen LogP contribution >= 0.6 is 12.2 Å². The summed E-state index contributed by atoms with van der Waals surface area (Å²) >= 11 is 5.25. The van der Waals surface area contributed by atoms with Crippen molar-refractivity contribution in [3.8, 4) is 11.5 Å². The van der Waals surface area contributed by atoms with Gasteiger partial charge in [-0.05, 0) is 60.7 Å². The van der Waals surface area contributed by atoms with E-state index in [1.54, 1.807) is 48.5 Å². The molecule has 0 spiro atoms. The van der Waals surface area contributed by atoms with Crippen molar-refractivity contribution in [1.29, 1.82) is 0 Å². The van der Waals surface area contributed by atoms with E-state index in [0.717, 1.165) is 5.75 Å². The number of rotatable bonds is 8. The largest absolute Gasteiger partial charge is 0.490 e. The maximum atomic E-state index is 12.7. The molecule has 164 valence electrons. The van der Waals surface area contributed by atoms with Crippen LogP contribution in [0.5, 0.6) is 11.5 Å². The SMILES string of the molecule is CC(=O)Nc1ccc(NC(=S)NC(=O)c2ccccc2OCCOc2ccccc2)cc1. The Hall–Kier alpha value is -3.91. The lowest BCUT2D eigenvalue weighted by atomic mass is 10.2. The molecule has 0 aromatic heterocycles. The van der Waals surface area contributed by atoms with Crippen LogP contribution in [0.3, 0.4) is 0 Å². The molecule has 3 rings (SSSR count). The summed E-state index contributed by atoms with van der Waals surface area (Å²) in [4.78, 5) is 23.8. The lowest BCUT2D eigenvalue weighted by Crippen LogP contribution is -2.34. The summed E-state index contributed by atoms with van der Waals surface area (Å²) in [5.74, 6) is 0.644. The highest BCUT2D eigenvalue weighted by Crippen LogP contribution is 2.18. The molecule has 7 nitrogen and oxygen atoms in total. The number of nitrogens with one attached hydrogen (secondary N) is 3. The number of amides is 2. The van der Waals surface area contributed by atoms with Crippen molar-refractivity contribution in [3.63, 3.8) is 0 Å². The molecule has 0 aliphatic carbocycles. The van der Waals surface area contributed by atoms with Crippen molar-refractivity contribution in [2.45, 2.75) is 6.92 Å². The second-order valence-corrected chi connectivity index (χ2v) is 7.08. The molecule has 0 unspecified atom stereocenters. The van der Waals surface area contributed by atoms with Crippen molar-refractivity contribution >= 4 is 40.5 Å². The average Bonchev–Trinajstić information content (AvgIpc) is 2.78. The Morgan fingerprint density at radius 1 is 0.781 bits per heavy atom. The minimum atomic E-state index is -0.392. The summed E-state index contributed by atoms with van der Waals surface area (Å²) in [6.45, 7) is 2.06. The van der Waals surface area contributed by atoms with E-state index in [0.29, 0.717) is 29.3 Å². The predicted octanol–water partition coefficient (Wildman–Crippen LogP) is 4.23. The van der Waals surface area contributed by atoms with E-state index in [9.17, 15) is 9.59 Å². The zero-order chi connectivity index (χ0) is 22.8. The average molecular weight is 450 g/mol. The Morgan fingerprint density at radius 2 is 1.38 bits per heavy atom. The maximum Gasteiger partial charge on any atom is 0.261 e. The zero-order valence-corrected chi connectivity index (χ0v) is 18.3. The van der Waals surface area contributed by atoms with E-state index in [1.807, 2.05) is 30.3 Å². The smallest absolute Gasteiger partial charge is 0.261 e. The number of carbonyl (C=O) groups is 2. The van der Waals surface area contributed by atoms with E-state index in [1.165, 1.54) is 6.92 Å². The molecule has 0 fully saturated rings. The van der Waals surface area contributed by atoms with E-state index in [2.05, 4.69) is 16.0 Å². The fraction of sp³-hybridized carbons (Fsp3) is 0.125. The summed E-state index contributed by atoms with van der Waals surface area (Å²) < 4.78 is 11.3. The van der Waals surface area contributed by atoms with Gasteiger partial charge in [0.05, 0.1) is 5.56 Å². The lowest BCUT2D eigenvalue weighted by molar-refractivity contribution is -0.114. The Kier molecular flexibility index (Phi) is 8.16. The highest BCUT2D eigenvalue weighted by molar-refractivity contribution is 7.80. The summed E-state index contributed by atoms with van der Waals surface area (Å²) in [7, 11) is 0. The normalized spacial score (nSPS) is 10.0. The number of hydrogen-bond donors (Lipinski definition) is 3. The predicted molar refractivity (Wildman–Crippen MR) is 128 cm³/mol. The van der Waals surface area contributed by atoms with Gasteiger partial charge in [0.1, 0.15) is 24.7 Å². The van der Waals surface area contributed by atoms with Gasteiger partial charge in [0.15, 0.2) is 5.11 Å². The summed E-state index contributed by atoms with van der Waals surface area (Å²) in [6, 6.07) is 23.3. The standard InChI is InChI=1S/C24H23N3O4S/c1-17(28)25-18-11-13-19(14-12-18)26-24(32)27-23(29)21-9-5-6-10-22(21)31-16-15-30-20-7-3-2-4-8-20/h2-14H,15-16H2,1H3,(H,25,28)(H2,26,27,29,32). The monoisotopic (exact) mass is 449 g/mol. The van der Waals surface area contributed by atoms with Gasteiger partial charge in [-0.15, -0.1) is 0 Å². The number of thiocarbonyl (C=S) groups is 1. The van der Waals surface area contributed by atoms with Gasteiger partial charge in [-0.3, -0.25) is 14.9 Å². The first kappa shape index (κ1) is 22.8. The quantitative estimate of drug-likeness (QED) is 0.352. The minimum absolute atomic E-state index is 0.143. The van der Waals surface area contributed by atoms with Gasteiger partial charge in [0.25, 0.3) is 5.91 Å². The fourth-order valence-corrected chi connectivity index (χ4v) is 2.99. The molecule has 0 aliphatic rings. The van der Waals surface area contributed by atoms with Gasteiger partial charge >= 0.3 is 0 Å². The molecule has 3 N–H and O–H groups in total. The van der Waals surface area contributed by atoms with Gasteiger partial charge < -0.3 is 20.1 Å². The van der Waals surface area contributed by atoms with Crippen LogP contribution in [0.25, 0.3) is 0 Å². The van der Waals surface area contributed by atoms with Crippen molar-refractivity contribution < 1.29 is 19.1 Å². The third kappa shape index (κ3) is 7.10. The molecule has 32 heavy (non-hydrogen) atoms. The van der Waals surface area contributed by atoms with Gasteiger partial charge in [-0.2, -0.15) is 0 Å². The second kappa shape index (κ2) is 11.5. The van der Waals surface area contributed by atoms with Gasteiger partial charge in [-0.25, -0.2) is 0 Å². The molecular formula is C24H23N3O4S. The van der Waals surface area contributed by atoms with E-state index < -0.39 is 5.91 Å². The van der Waals surface area contributed by atoms with Crippen molar-refractivity contribution in [2.75, 3.05) is 23.8 Å². The molecule has 3 aromatic carbocycles. The summed E-state index contributed by atoms with van der Waals surface area (Å²) in [5, 5.41) is 8.41. The van der Waals surface area contributed by atoms with Crippen LogP contribution in [0.4, 0.5) is 11.4 Å². The van der Waals surface area contributed by atoms with Crippen LogP contribution in [0.2, 0.25) is 0 Å². The molecule has 3 aromatic rings. The Labute approximate surface area is 191 Å². The minimum Gasteiger partial charge on any atom is -0.490 e. The summed E-state index contributed by atoms with van der Waals surface area (Å²) in [6.07, 6.45) is 0. The van der Waals surface area contributed by atoms with Gasteiger partial charge in [0, 0.05) is 18.3 Å². The number of para-hydroxylation sites is 2. The third-order valence-electron chi connectivity index (χ3n) is 4.17. The van der Waals surface area contributed by atoms with Crippen LogP contribution < -0.4 is 25.4 Å². The molecule has 0 saturated carbocycles. The van der Waals surface area contributed by atoms with E-state index in [-0.39, 0.29) is 17.6 Å². The molecule has 8 heteroatoms. The van der Waals surface area contributed by atoms with Crippen molar-refractivity contribution in [3.05, 3.63) is 84.4 Å². The zero-order valence-electron chi connectivity index (χ0n) is 17.5. The topological polar surface area (TPSA) is 88.7 Å². The highest BCUT2D eigenvalue weighted by Gasteiger charge is 2.14. The van der Waals surface area contributed by atoms with Crippen LogP contribution in [0.15, 0.2) is 78.9 Å². The lowest BCUT2D eigenvalue weighted by Gasteiger charge is -2.13. The number of carbonyl (C=O) groups excluding carboxylic acids is 2. The van der Waals surface area contributed by atoms with Crippen LogP contribution in [0, 0.1) is 0 Å². The molecule has 0 saturated heterocycles. The highest BCUT2D eigenvalue weighted by atomic mass is 32.1. The second-order valence-electron chi connectivity index (χ2n) is 6.67. The molecular weight excluding hydrogens is 426 g/mol. The third-order valence-corrected chi connectivity index (χ3v) is 4.38. The number of ether oxygens (including phenoxy) is 2. The molecule has 0 bridgehead atoms. The van der Waals surface area contributed by atoms with E-state index in [4.69, 9.17) is 21.7 Å². The first-order chi connectivity index (χ1) is 15.5. The molecule has 0 radical (unpaired) electrons. The Morgan fingerprint density at radius 3 is 2.06 bits per heavy atom. The molecule has 0 atom stereocenters. The number of anilines is 2. The number of benzene rings is 3. The Bertz CT molecular complexity index is 1070. The summed E-state index contributed by atoms with van der Waals surface area (Å²) in [5.41, 5.74) is 1.70. The van der Waals surface area contributed by atoms with Crippen LogP contribution in [0.1, 0.15) is 17.3 Å². The first-order valence-electron chi connectivity index (χ1n) is 9.91. The Balaban J connectivity index is 1.52. The molecule has 2 amide bonds. The van der Waals surface area contributed by atoms with Gasteiger partial charge in [0.2, 0.25) is 5.91 Å². The van der Waals surface area contributed by atoms with Crippen molar-refractivity contribution in [1.82, 2.24) is 5.32 Å². The molecule has 0 heterocycles. The maximum absolute atomic E-state index is 12.7. The first-order valence-corrected chi connectivity index (χ1v) is 10.3.